The number of hydrogen-bond donors (Lipinski definition) is 4. The van der Waals surface area contributed by atoms with E-state index < -0.39 is 17.4 Å². The van der Waals surface area contributed by atoms with E-state index in [2.05, 4.69) is 0 Å². The number of carboxylic acids is 2. The Hall–Kier alpha value is -3.02. The molecule has 0 unspecified atom stereocenters. The number of phenols is 2. The predicted molar refractivity (Wildman–Crippen MR) is 152 cm³/mol. The number of hydrogen-bond acceptors (Lipinski definition) is 4. The summed E-state index contributed by atoms with van der Waals surface area (Å²) in [6.07, 6.45) is 0.496. The van der Waals surface area contributed by atoms with Crippen molar-refractivity contribution >= 4 is 11.9 Å². The summed E-state index contributed by atoms with van der Waals surface area (Å²) in [5, 5.41) is 42.2. The standard InChI is InChI=1S/C32H46O6/c1-18-14-24(30(5,6)7)27(35)20(3)22(18)16-32(29(37)38,13-11-12-26(33)34)17-23-19(2)15-25(31(8,9)10)28(36)21(23)4/h14-15,35-36H,11-13,16-17H2,1-10H3,(H,33,34)(H,37,38). The topological polar surface area (TPSA) is 115 Å². The molecule has 210 valence electrons. The molecule has 2 aromatic rings. The van der Waals surface area contributed by atoms with Gasteiger partial charge < -0.3 is 20.4 Å². The van der Waals surface area contributed by atoms with Crippen LogP contribution in [0.2, 0.25) is 0 Å². The highest BCUT2D eigenvalue weighted by molar-refractivity contribution is 5.76. The predicted octanol–water partition coefficient (Wildman–Crippen LogP) is 7.04. The van der Waals surface area contributed by atoms with E-state index in [9.17, 15) is 30.0 Å². The molecular formula is C32H46O6. The van der Waals surface area contributed by atoms with Gasteiger partial charge in [-0.15, -0.1) is 0 Å². The van der Waals surface area contributed by atoms with Gasteiger partial charge in [0, 0.05) is 6.42 Å². The maximum Gasteiger partial charge on any atom is 0.310 e. The Labute approximate surface area is 227 Å². The molecule has 0 aromatic heterocycles. The lowest BCUT2D eigenvalue weighted by molar-refractivity contribution is -0.150. The number of carbonyl (C=O) groups is 2. The second kappa shape index (κ2) is 11.0. The van der Waals surface area contributed by atoms with Gasteiger partial charge >= 0.3 is 11.9 Å². The van der Waals surface area contributed by atoms with Gasteiger partial charge in [-0.3, -0.25) is 9.59 Å². The Kier molecular flexibility index (Phi) is 9.03. The van der Waals surface area contributed by atoms with Gasteiger partial charge in [0.1, 0.15) is 11.5 Å². The lowest BCUT2D eigenvalue weighted by Gasteiger charge is -2.34. The van der Waals surface area contributed by atoms with Crippen LogP contribution in [0.5, 0.6) is 11.5 Å². The van der Waals surface area contributed by atoms with Crippen molar-refractivity contribution < 1.29 is 30.0 Å². The highest BCUT2D eigenvalue weighted by Gasteiger charge is 2.41. The first kappa shape index (κ1) is 31.2. The average molecular weight is 527 g/mol. The number of benzene rings is 2. The van der Waals surface area contributed by atoms with Gasteiger partial charge in [0.05, 0.1) is 5.41 Å². The van der Waals surface area contributed by atoms with E-state index in [0.717, 1.165) is 33.4 Å². The van der Waals surface area contributed by atoms with E-state index in [-0.39, 0.29) is 54.4 Å². The molecule has 0 saturated heterocycles. The Morgan fingerprint density at radius 1 is 0.711 bits per heavy atom. The first-order valence-corrected chi connectivity index (χ1v) is 13.3. The minimum atomic E-state index is -1.33. The molecule has 38 heavy (non-hydrogen) atoms. The maximum atomic E-state index is 13.1. The molecule has 6 heteroatoms. The lowest BCUT2D eigenvalue weighted by Crippen LogP contribution is -2.37. The van der Waals surface area contributed by atoms with Crippen LogP contribution in [0.4, 0.5) is 0 Å². The maximum absolute atomic E-state index is 13.1. The van der Waals surface area contributed by atoms with Crippen molar-refractivity contribution in [3.63, 3.8) is 0 Å². The number of carboxylic acid groups (broad SMARTS) is 2. The van der Waals surface area contributed by atoms with Crippen LogP contribution in [0.25, 0.3) is 0 Å². The third-order valence-electron chi connectivity index (χ3n) is 7.95. The van der Waals surface area contributed by atoms with E-state index in [4.69, 9.17) is 0 Å². The third kappa shape index (κ3) is 6.51. The summed E-state index contributed by atoms with van der Waals surface area (Å²) in [5.74, 6) is -1.65. The molecule has 0 saturated carbocycles. The van der Waals surface area contributed by atoms with E-state index in [0.29, 0.717) is 11.1 Å². The van der Waals surface area contributed by atoms with E-state index in [1.165, 1.54) is 0 Å². The average Bonchev–Trinajstić information content (AvgIpc) is 2.76. The zero-order valence-electron chi connectivity index (χ0n) is 24.8. The SMILES string of the molecule is Cc1cc(C(C)(C)C)c(O)c(C)c1CC(CCCC(=O)O)(Cc1c(C)cc(C(C)(C)C)c(O)c1C)C(=O)O. The van der Waals surface area contributed by atoms with Crippen molar-refractivity contribution in [1.29, 1.82) is 0 Å². The Balaban J connectivity index is 2.75. The highest BCUT2D eigenvalue weighted by Crippen LogP contribution is 2.44. The van der Waals surface area contributed by atoms with Crippen molar-refractivity contribution in [2.75, 3.05) is 0 Å². The van der Waals surface area contributed by atoms with Crippen molar-refractivity contribution in [3.05, 3.63) is 56.6 Å². The number of aryl methyl sites for hydroxylation is 2. The highest BCUT2D eigenvalue weighted by atomic mass is 16.4. The van der Waals surface area contributed by atoms with E-state index in [1.54, 1.807) is 0 Å². The molecule has 0 radical (unpaired) electrons. The van der Waals surface area contributed by atoms with Crippen molar-refractivity contribution in [3.8, 4) is 11.5 Å². The first-order chi connectivity index (χ1) is 17.2. The van der Waals surface area contributed by atoms with Gasteiger partial charge in [-0.25, -0.2) is 0 Å². The molecule has 0 atom stereocenters. The van der Waals surface area contributed by atoms with Crippen molar-refractivity contribution in [1.82, 2.24) is 0 Å². The molecule has 4 N–H and O–H groups in total. The smallest absolute Gasteiger partial charge is 0.310 e. The molecule has 2 aromatic carbocycles. The van der Waals surface area contributed by atoms with Gasteiger partial charge in [0.15, 0.2) is 0 Å². The van der Waals surface area contributed by atoms with Crippen molar-refractivity contribution in [2.45, 2.75) is 112 Å². The molecule has 0 amide bonds. The quantitative estimate of drug-likeness (QED) is 0.279. The third-order valence-corrected chi connectivity index (χ3v) is 7.95. The van der Waals surface area contributed by atoms with Crippen LogP contribution < -0.4 is 0 Å². The van der Waals surface area contributed by atoms with Crippen LogP contribution in [0.1, 0.15) is 105 Å². The fourth-order valence-electron chi connectivity index (χ4n) is 5.46. The Morgan fingerprint density at radius 3 is 1.37 bits per heavy atom. The molecule has 2 rings (SSSR count). The molecular weight excluding hydrogens is 480 g/mol. The van der Waals surface area contributed by atoms with Crippen molar-refractivity contribution in [2.24, 2.45) is 5.41 Å². The van der Waals surface area contributed by atoms with Crippen LogP contribution in [0.3, 0.4) is 0 Å². The molecule has 0 spiro atoms. The van der Waals surface area contributed by atoms with E-state index >= 15 is 0 Å². The first-order valence-electron chi connectivity index (χ1n) is 13.3. The second-order valence-corrected chi connectivity index (χ2v) is 13.1. The Bertz CT molecular complexity index is 1150. The van der Waals surface area contributed by atoms with Crippen LogP contribution in [-0.2, 0) is 33.3 Å². The molecule has 0 heterocycles. The number of rotatable bonds is 9. The molecule has 6 nitrogen and oxygen atoms in total. The zero-order valence-corrected chi connectivity index (χ0v) is 24.8. The fourth-order valence-corrected chi connectivity index (χ4v) is 5.46. The summed E-state index contributed by atoms with van der Waals surface area (Å²) >= 11 is 0. The van der Waals surface area contributed by atoms with Crippen LogP contribution in [-0.4, -0.2) is 32.4 Å². The normalized spacial score (nSPS) is 12.6. The van der Waals surface area contributed by atoms with Crippen LogP contribution >= 0.6 is 0 Å². The summed E-state index contributed by atoms with van der Waals surface area (Å²) in [6.45, 7) is 19.6. The summed E-state index contributed by atoms with van der Waals surface area (Å²) in [5.41, 5.74) is 4.33. The van der Waals surface area contributed by atoms with Crippen LogP contribution in [0.15, 0.2) is 12.1 Å². The molecule has 0 aliphatic rings. The summed E-state index contributed by atoms with van der Waals surface area (Å²) in [6, 6.07) is 3.87. The minimum absolute atomic E-state index is 0.132. The summed E-state index contributed by atoms with van der Waals surface area (Å²) in [7, 11) is 0. The number of aromatic hydroxyl groups is 2. The van der Waals surface area contributed by atoms with Crippen LogP contribution in [0, 0.1) is 33.1 Å². The van der Waals surface area contributed by atoms with E-state index in [1.807, 2.05) is 81.4 Å². The lowest BCUT2D eigenvalue weighted by atomic mass is 9.69. The van der Waals surface area contributed by atoms with Gasteiger partial charge in [0.25, 0.3) is 0 Å². The summed E-state index contributed by atoms with van der Waals surface area (Å²) < 4.78 is 0. The second-order valence-electron chi connectivity index (χ2n) is 13.1. The Morgan fingerprint density at radius 2 is 1.08 bits per heavy atom. The number of phenolic OH excluding ortho intramolecular Hbond substituents is 2. The largest absolute Gasteiger partial charge is 0.507 e. The monoisotopic (exact) mass is 526 g/mol. The zero-order chi connectivity index (χ0) is 29.4. The minimum Gasteiger partial charge on any atom is -0.507 e. The fraction of sp³-hybridized carbons (Fsp3) is 0.562. The molecule has 0 bridgehead atoms. The van der Waals surface area contributed by atoms with Gasteiger partial charge in [-0.1, -0.05) is 53.7 Å². The van der Waals surface area contributed by atoms with Gasteiger partial charge in [-0.05, 0) is 109 Å². The molecule has 0 aliphatic heterocycles. The molecule has 0 aliphatic carbocycles. The number of aliphatic carboxylic acids is 2. The molecule has 0 fully saturated rings. The van der Waals surface area contributed by atoms with Gasteiger partial charge in [-0.2, -0.15) is 0 Å². The van der Waals surface area contributed by atoms with Gasteiger partial charge in [0.2, 0.25) is 0 Å². The summed E-state index contributed by atoms with van der Waals surface area (Å²) in [4.78, 5) is 24.4.